The predicted octanol–water partition coefficient (Wildman–Crippen LogP) is 3.63. The molecule has 24 heavy (non-hydrogen) atoms. The zero-order valence-corrected chi connectivity index (χ0v) is 16.3. The van der Waals surface area contributed by atoms with Gasteiger partial charge in [0, 0.05) is 50.3 Å². The van der Waals surface area contributed by atoms with Gasteiger partial charge < -0.3 is 15.0 Å². The number of guanidine groups is 1. The molecule has 132 valence electrons. The van der Waals surface area contributed by atoms with Gasteiger partial charge in [-0.3, -0.25) is 4.99 Å². The maximum absolute atomic E-state index is 5.44. The fraction of sp³-hybridized carbons (Fsp3) is 0.632. The Bertz CT molecular complexity index is 554. The Morgan fingerprint density at radius 1 is 1.29 bits per heavy atom. The Hall–Kier alpha value is -1.07. The molecule has 5 heteroatoms. The van der Waals surface area contributed by atoms with Gasteiger partial charge in [0.1, 0.15) is 0 Å². The van der Waals surface area contributed by atoms with Gasteiger partial charge in [-0.25, -0.2) is 0 Å². The minimum Gasteiger partial charge on any atom is -0.381 e. The molecule has 1 N–H and O–H groups in total. The molecule has 1 aromatic rings. The lowest BCUT2D eigenvalue weighted by atomic mass is 9.96. The molecule has 0 aromatic heterocycles. The standard InChI is InChI=1S/C19H28BrN3O/c1-21-19(23(2)10-7-14-8-11-24-12-9-14)22-18-13-17(18)15-3-5-16(20)6-4-15/h3-6,14,17-18H,7-13H2,1-2H3,(H,21,22). The van der Waals surface area contributed by atoms with Gasteiger partial charge in [0.05, 0.1) is 0 Å². The second-order valence-corrected chi connectivity index (χ2v) is 7.87. The highest BCUT2D eigenvalue weighted by molar-refractivity contribution is 9.10. The molecule has 0 spiro atoms. The normalized spacial score (nSPS) is 24.7. The molecule has 2 fully saturated rings. The van der Waals surface area contributed by atoms with Crippen molar-refractivity contribution in [2.24, 2.45) is 10.9 Å². The molecule has 3 rings (SSSR count). The van der Waals surface area contributed by atoms with Gasteiger partial charge in [-0.2, -0.15) is 0 Å². The maximum Gasteiger partial charge on any atom is 0.193 e. The Morgan fingerprint density at radius 3 is 2.67 bits per heavy atom. The first-order valence-electron chi connectivity index (χ1n) is 8.95. The number of halogens is 1. The van der Waals surface area contributed by atoms with Crippen molar-refractivity contribution in [3.8, 4) is 0 Å². The van der Waals surface area contributed by atoms with Gasteiger partial charge >= 0.3 is 0 Å². The first-order chi connectivity index (χ1) is 11.7. The van der Waals surface area contributed by atoms with Gasteiger partial charge in [-0.15, -0.1) is 0 Å². The van der Waals surface area contributed by atoms with Crippen molar-refractivity contribution >= 4 is 21.9 Å². The van der Waals surface area contributed by atoms with E-state index < -0.39 is 0 Å². The van der Waals surface area contributed by atoms with Crippen LogP contribution in [0.5, 0.6) is 0 Å². The molecule has 1 saturated heterocycles. The van der Waals surface area contributed by atoms with Gasteiger partial charge in [-0.05, 0) is 49.3 Å². The lowest BCUT2D eigenvalue weighted by Crippen LogP contribution is -2.41. The van der Waals surface area contributed by atoms with Crippen molar-refractivity contribution < 1.29 is 4.74 Å². The fourth-order valence-electron chi connectivity index (χ4n) is 3.46. The molecular formula is C19H28BrN3O. The summed E-state index contributed by atoms with van der Waals surface area (Å²) in [5.74, 6) is 2.43. The lowest BCUT2D eigenvalue weighted by molar-refractivity contribution is 0.0625. The number of nitrogens with zero attached hydrogens (tertiary/aromatic N) is 2. The summed E-state index contributed by atoms with van der Waals surface area (Å²) in [6.45, 7) is 2.91. The summed E-state index contributed by atoms with van der Waals surface area (Å²) in [6, 6.07) is 9.19. The van der Waals surface area contributed by atoms with Crippen LogP contribution in [0.15, 0.2) is 33.7 Å². The third-order valence-electron chi connectivity index (χ3n) is 5.19. The summed E-state index contributed by atoms with van der Waals surface area (Å²) in [5, 5.41) is 3.63. The van der Waals surface area contributed by atoms with E-state index in [1.54, 1.807) is 0 Å². The number of ether oxygens (including phenoxy) is 1. The topological polar surface area (TPSA) is 36.9 Å². The first-order valence-corrected chi connectivity index (χ1v) is 9.74. The van der Waals surface area contributed by atoms with Crippen LogP contribution in [0.4, 0.5) is 0 Å². The van der Waals surface area contributed by atoms with Crippen molar-refractivity contribution in [2.45, 2.75) is 37.6 Å². The fourth-order valence-corrected chi connectivity index (χ4v) is 3.73. The minimum absolute atomic E-state index is 0.510. The van der Waals surface area contributed by atoms with Gasteiger partial charge in [0.2, 0.25) is 0 Å². The number of rotatable bonds is 5. The smallest absolute Gasteiger partial charge is 0.193 e. The average molecular weight is 394 g/mol. The molecule has 4 nitrogen and oxygen atoms in total. The number of nitrogens with one attached hydrogen (secondary N) is 1. The third-order valence-corrected chi connectivity index (χ3v) is 5.72. The van der Waals surface area contributed by atoms with Crippen LogP contribution in [0, 0.1) is 5.92 Å². The van der Waals surface area contributed by atoms with Crippen molar-refractivity contribution in [1.29, 1.82) is 0 Å². The molecule has 0 amide bonds. The van der Waals surface area contributed by atoms with Crippen LogP contribution in [0.2, 0.25) is 0 Å². The molecule has 0 radical (unpaired) electrons. The summed E-state index contributed by atoms with van der Waals surface area (Å²) in [4.78, 5) is 6.74. The Balaban J connectivity index is 1.45. The van der Waals surface area contributed by atoms with Crippen LogP contribution in [0.25, 0.3) is 0 Å². The quantitative estimate of drug-likeness (QED) is 0.612. The van der Waals surface area contributed by atoms with Crippen LogP contribution in [0.1, 0.15) is 37.2 Å². The summed E-state index contributed by atoms with van der Waals surface area (Å²) >= 11 is 3.50. The van der Waals surface area contributed by atoms with Gasteiger partial charge in [0.15, 0.2) is 5.96 Å². The molecule has 1 aromatic carbocycles. The maximum atomic E-state index is 5.44. The highest BCUT2D eigenvalue weighted by Gasteiger charge is 2.39. The summed E-state index contributed by atoms with van der Waals surface area (Å²) in [5.41, 5.74) is 1.41. The van der Waals surface area contributed by atoms with Crippen LogP contribution in [-0.2, 0) is 4.74 Å². The molecular weight excluding hydrogens is 366 g/mol. The second kappa shape index (κ2) is 8.34. The molecule has 1 aliphatic carbocycles. The summed E-state index contributed by atoms with van der Waals surface area (Å²) in [6.07, 6.45) is 4.82. The van der Waals surface area contributed by atoms with E-state index in [9.17, 15) is 0 Å². The van der Waals surface area contributed by atoms with Crippen molar-refractivity contribution in [2.75, 3.05) is 33.9 Å². The first kappa shape index (κ1) is 17.7. The molecule has 2 unspecified atom stereocenters. The van der Waals surface area contributed by atoms with Crippen LogP contribution in [-0.4, -0.2) is 50.8 Å². The van der Waals surface area contributed by atoms with E-state index in [1.165, 1.54) is 31.2 Å². The zero-order chi connectivity index (χ0) is 16.9. The number of aliphatic imine (C=N–C) groups is 1. The lowest BCUT2D eigenvalue weighted by Gasteiger charge is -2.27. The third kappa shape index (κ3) is 4.73. The van der Waals surface area contributed by atoms with E-state index in [0.717, 1.165) is 36.1 Å². The molecule has 0 bridgehead atoms. The highest BCUT2D eigenvalue weighted by atomic mass is 79.9. The van der Waals surface area contributed by atoms with Crippen molar-refractivity contribution in [1.82, 2.24) is 10.2 Å². The molecule has 1 saturated carbocycles. The summed E-state index contributed by atoms with van der Waals surface area (Å²) < 4.78 is 6.58. The Kier molecular flexibility index (Phi) is 6.17. The van der Waals surface area contributed by atoms with E-state index >= 15 is 0 Å². The predicted molar refractivity (Wildman–Crippen MR) is 103 cm³/mol. The van der Waals surface area contributed by atoms with Crippen molar-refractivity contribution in [3.63, 3.8) is 0 Å². The van der Waals surface area contributed by atoms with E-state index in [0.29, 0.717) is 12.0 Å². The van der Waals surface area contributed by atoms with Crippen molar-refractivity contribution in [3.05, 3.63) is 34.3 Å². The Labute approximate surface area is 153 Å². The number of hydrogen-bond donors (Lipinski definition) is 1. The van der Waals surface area contributed by atoms with Crippen LogP contribution in [0.3, 0.4) is 0 Å². The van der Waals surface area contributed by atoms with E-state index in [2.05, 4.69) is 62.5 Å². The minimum atomic E-state index is 0.510. The monoisotopic (exact) mass is 393 g/mol. The largest absolute Gasteiger partial charge is 0.381 e. The summed E-state index contributed by atoms with van der Waals surface area (Å²) in [7, 11) is 4.02. The highest BCUT2D eigenvalue weighted by Crippen LogP contribution is 2.41. The SMILES string of the molecule is CN=C(NC1CC1c1ccc(Br)cc1)N(C)CCC1CCOCC1. The van der Waals surface area contributed by atoms with Gasteiger partial charge in [-0.1, -0.05) is 28.1 Å². The van der Waals surface area contributed by atoms with E-state index in [1.807, 2.05) is 7.05 Å². The zero-order valence-electron chi connectivity index (χ0n) is 14.7. The van der Waals surface area contributed by atoms with E-state index in [-0.39, 0.29) is 0 Å². The number of hydrogen-bond acceptors (Lipinski definition) is 2. The number of benzene rings is 1. The molecule has 2 aliphatic rings. The van der Waals surface area contributed by atoms with Crippen LogP contribution < -0.4 is 5.32 Å². The molecule has 1 aliphatic heterocycles. The Morgan fingerprint density at radius 2 is 2.00 bits per heavy atom. The van der Waals surface area contributed by atoms with Gasteiger partial charge in [0.25, 0.3) is 0 Å². The molecule has 2 atom stereocenters. The van der Waals surface area contributed by atoms with E-state index in [4.69, 9.17) is 4.74 Å². The van der Waals surface area contributed by atoms with Crippen LogP contribution >= 0.6 is 15.9 Å². The average Bonchev–Trinajstić information content (AvgIpc) is 3.38. The molecule has 1 heterocycles. The second-order valence-electron chi connectivity index (χ2n) is 6.96.